The van der Waals surface area contributed by atoms with E-state index in [1.54, 1.807) is 0 Å². The van der Waals surface area contributed by atoms with E-state index < -0.39 is 0 Å². The van der Waals surface area contributed by atoms with Crippen molar-refractivity contribution in [1.29, 1.82) is 0 Å². The van der Waals surface area contributed by atoms with E-state index in [-0.39, 0.29) is 0 Å². The van der Waals surface area contributed by atoms with Crippen molar-refractivity contribution in [3.63, 3.8) is 0 Å². The Balaban J connectivity index is 1.20. The highest BCUT2D eigenvalue weighted by Gasteiger charge is 2.24. The van der Waals surface area contributed by atoms with E-state index in [1.165, 1.54) is 20.2 Å². The fourth-order valence-electron chi connectivity index (χ4n) is 8.36. The van der Waals surface area contributed by atoms with Crippen molar-refractivity contribution in [2.24, 2.45) is 0 Å². The van der Waals surface area contributed by atoms with Crippen molar-refractivity contribution in [2.45, 2.75) is 0 Å². The third kappa shape index (κ3) is 6.25. The Labute approximate surface area is 346 Å². The zero-order valence-electron chi connectivity index (χ0n) is 32.0. The molecule has 11 rings (SSSR count). The van der Waals surface area contributed by atoms with Crippen molar-refractivity contribution in [3.8, 4) is 0 Å². The predicted molar refractivity (Wildman–Crippen MR) is 251 cm³/mol. The minimum atomic E-state index is 0.874. The summed E-state index contributed by atoms with van der Waals surface area (Å²) in [6.45, 7) is 0. The van der Waals surface area contributed by atoms with Gasteiger partial charge in [0.1, 0.15) is 11.2 Å². The van der Waals surface area contributed by atoms with Gasteiger partial charge < -0.3 is 19.1 Å². The van der Waals surface area contributed by atoms with E-state index in [1.807, 2.05) is 23.5 Å². The fraction of sp³-hybridized carbons (Fsp3) is 0. The summed E-state index contributed by atoms with van der Waals surface area (Å²) in [4.78, 5) is 7.13. The third-order valence-electron chi connectivity index (χ3n) is 11.0. The molecule has 0 N–H and O–H groups in total. The average molecular weight is 776 g/mol. The molecule has 0 atom stereocenters. The Hall–Kier alpha value is -7.60. The number of hydrogen-bond acceptors (Lipinski definition) is 5. The Morgan fingerprint density at radius 2 is 0.729 bits per heavy atom. The Kier molecular flexibility index (Phi) is 8.64. The second-order valence-corrected chi connectivity index (χ2v) is 15.7. The molecule has 0 radical (unpaired) electrons. The quantitative estimate of drug-likeness (QED) is 0.146. The highest BCUT2D eigenvalue weighted by molar-refractivity contribution is 7.26. The van der Waals surface area contributed by atoms with Gasteiger partial charge in [0.05, 0.1) is 5.69 Å². The first-order chi connectivity index (χ1) is 29.3. The number of hydrogen-bond donors (Lipinski definition) is 0. The summed E-state index contributed by atoms with van der Waals surface area (Å²) in [5.74, 6) is 0. The van der Waals surface area contributed by atoms with Gasteiger partial charge in [-0.2, -0.15) is 0 Å². The van der Waals surface area contributed by atoms with Gasteiger partial charge >= 0.3 is 0 Å². The van der Waals surface area contributed by atoms with Crippen LogP contribution in [0.4, 0.5) is 51.2 Å². The lowest BCUT2D eigenvalue weighted by Gasteiger charge is -2.30. The van der Waals surface area contributed by atoms with Gasteiger partial charge in [0.15, 0.2) is 0 Å². The summed E-state index contributed by atoms with van der Waals surface area (Å²) in [6.07, 6.45) is 0. The number of nitrogens with zero attached hydrogens (tertiary/aromatic N) is 3. The molecule has 280 valence electrons. The largest absolute Gasteiger partial charge is 0.456 e. The molecule has 0 saturated heterocycles. The van der Waals surface area contributed by atoms with Crippen LogP contribution in [0.2, 0.25) is 0 Å². The van der Waals surface area contributed by atoms with Crippen molar-refractivity contribution < 1.29 is 4.42 Å². The van der Waals surface area contributed by atoms with E-state index in [2.05, 4.69) is 227 Å². The number of anilines is 9. The summed E-state index contributed by atoms with van der Waals surface area (Å²) in [5, 5.41) is 4.60. The van der Waals surface area contributed by atoms with Gasteiger partial charge in [0.2, 0.25) is 0 Å². The Morgan fingerprint density at radius 3 is 1.29 bits per heavy atom. The molecule has 0 aliphatic heterocycles. The molecule has 59 heavy (non-hydrogen) atoms. The fourth-order valence-corrected chi connectivity index (χ4v) is 9.50. The number of fused-ring (bicyclic) bond motifs is 6. The van der Waals surface area contributed by atoms with Crippen molar-refractivity contribution in [3.05, 3.63) is 224 Å². The number of rotatable bonds is 9. The molecule has 0 amide bonds. The Bertz CT molecular complexity index is 3140. The zero-order valence-corrected chi connectivity index (χ0v) is 32.8. The van der Waals surface area contributed by atoms with Gasteiger partial charge in [-0.15, -0.1) is 11.3 Å². The molecule has 0 aliphatic rings. The van der Waals surface area contributed by atoms with Gasteiger partial charge in [0.25, 0.3) is 0 Å². The lowest BCUT2D eigenvalue weighted by Crippen LogP contribution is -2.13. The van der Waals surface area contributed by atoms with E-state index in [0.717, 1.165) is 73.1 Å². The van der Waals surface area contributed by atoms with Gasteiger partial charge in [-0.05, 0) is 115 Å². The highest BCUT2D eigenvalue weighted by Crippen LogP contribution is 2.50. The van der Waals surface area contributed by atoms with E-state index in [9.17, 15) is 0 Å². The maximum absolute atomic E-state index is 6.29. The number of furan rings is 1. The first kappa shape index (κ1) is 34.6. The number of para-hydroxylation sites is 6. The predicted octanol–water partition coefficient (Wildman–Crippen LogP) is 16.4. The normalized spacial score (nSPS) is 11.4. The molecule has 0 fully saturated rings. The summed E-state index contributed by atoms with van der Waals surface area (Å²) < 4.78 is 8.72. The van der Waals surface area contributed by atoms with Crippen LogP contribution in [0.1, 0.15) is 0 Å². The molecule has 0 bridgehead atoms. The van der Waals surface area contributed by atoms with Gasteiger partial charge in [0, 0.05) is 76.4 Å². The maximum atomic E-state index is 6.29. The molecule has 9 aromatic carbocycles. The van der Waals surface area contributed by atoms with Crippen LogP contribution in [-0.2, 0) is 0 Å². The van der Waals surface area contributed by atoms with Gasteiger partial charge in [-0.1, -0.05) is 109 Å². The molecule has 5 heteroatoms. The van der Waals surface area contributed by atoms with Crippen LogP contribution in [0, 0.1) is 0 Å². The third-order valence-corrected chi connectivity index (χ3v) is 12.1. The van der Waals surface area contributed by atoms with Gasteiger partial charge in [-0.3, -0.25) is 0 Å². The molecule has 2 aromatic heterocycles. The molecular weight excluding hydrogens is 739 g/mol. The van der Waals surface area contributed by atoms with E-state index >= 15 is 0 Å². The van der Waals surface area contributed by atoms with Gasteiger partial charge in [-0.25, -0.2) is 0 Å². The molecule has 0 aliphatic carbocycles. The van der Waals surface area contributed by atoms with Crippen LogP contribution in [-0.4, -0.2) is 0 Å². The average Bonchev–Trinajstić information content (AvgIpc) is 3.86. The molecule has 2 heterocycles. The summed E-state index contributed by atoms with van der Waals surface area (Å²) in [6, 6.07) is 79.9. The van der Waals surface area contributed by atoms with Crippen molar-refractivity contribution in [2.75, 3.05) is 14.7 Å². The van der Waals surface area contributed by atoms with Crippen LogP contribution >= 0.6 is 11.3 Å². The second-order valence-electron chi connectivity index (χ2n) is 14.6. The molecular formula is C54H37N3OS. The van der Waals surface area contributed by atoms with E-state index in [0.29, 0.717) is 0 Å². The zero-order chi connectivity index (χ0) is 39.1. The monoisotopic (exact) mass is 775 g/mol. The minimum absolute atomic E-state index is 0.874. The lowest BCUT2D eigenvalue weighted by atomic mass is 10.0. The summed E-state index contributed by atoms with van der Waals surface area (Å²) in [7, 11) is 0. The van der Waals surface area contributed by atoms with Crippen molar-refractivity contribution in [1.82, 2.24) is 0 Å². The first-order valence-corrected chi connectivity index (χ1v) is 20.7. The van der Waals surface area contributed by atoms with Crippen molar-refractivity contribution >= 4 is 105 Å². The van der Waals surface area contributed by atoms with E-state index in [4.69, 9.17) is 4.42 Å². The minimum Gasteiger partial charge on any atom is -0.456 e. The molecule has 0 unspecified atom stereocenters. The topological polar surface area (TPSA) is 22.9 Å². The number of benzene rings is 9. The molecule has 0 spiro atoms. The molecule has 0 saturated carbocycles. The SMILES string of the molecule is c1ccc(N(c2cc(N(c3ccccc3)c3ccccc3)c3c(c2)sc2ccc(N(c4ccccc4)c4ccccc4)cc23)c2ccc3oc4ccccc4c3c2)cc1. The Morgan fingerprint density at radius 1 is 0.288 bits per heavy atom. The maximum Gasteiger partial charge on any atom is 0.135 e. The summed E-state index contributed by atoms with van der Waals surface area (Å²) >= 11 is 1.84. The molecule has 4 nitrogen and oxygen atoms in total. The van der Waals surface area contributed by atoms with Crippen LogP contribution in [0.3, 0.4) is 0 Å². The standard InChI is InChI=1S/C54H37N3OS/c1-6-18-38(19-7-1)55(39-20-8-2-9-21-39)44-31-33-52-48(35-44)54-49(57(41-24-12-4-13-25-41)42-26-14-5-15-27-42)36-45(37-53(54)59-52)56(40-22-10-3-11-23-40)43-30-32-51-47(34-43)46-28-16-17-29-50(46)58-51/h1-37H. The first-order valence-electron chi connectivity index (χ1n) is 19.8. The number of thiophene rings is 1. The smallest absolute Gasteiger partial charge is 0.135 e. The van der Waals surface area contributed by atoms with Crippen LogP contribution < -0.4 is 14.7 Å². The highest BCUT2D eigenvalue weighted by atomic mass is 32.1. The molecule has 11 aromatic rings. The van der Waals surface area contributed by atoms with Crippen LogP contribution in [0.15, 0.2) is 229 Å². The van der Waals surface area contributed by atoms with Crippen LogP contribution in [0.25, 0.3) is 42.1 Å². The summed E-state index contributed by atoms with van der Waals surface area (Å²) in [5.41, 5.74) is 11.5. The second kappa shape index (κ2) is 14.7. The lowest BCUT2D eigenvalue weighted by molar-refractivity contribution is 0.669. The van der Waals surface area contributed by atoms with Crippen LogP contribution in [0.5, 0.6) is 0 Å².